The third kappa shape index (κ3) is 3.97. The van der Waals surface area contributed by atoms with Crippen molar-refractivity contribution in [1.29, 1.82) is 0 Å². The summed E-state index contributed by atoms with van der Waals surface area (Å²) >= 11 is 3.10. The van der Waals surface area contributed by atoms with Crippen molar-refractivity contribution in [3.05, 3.63) is 103 Å². The van der Waals surface area contributed by atoms with Gasteiger partial charge in [0.2, 0.25) is 0 Å². The van der Waals surface area contributed by atoms with Gasteiger partial charge < -0.3 is 4.57 Å². The summed E-state index contributed by atoms with van der Waals surface area (Å²) in [7, 11) is 0. The molecule has 0 bridgehead atoms. The van der Waals surface area contributed by atoms with Gasteiger partial charge in [-0.25, -0.2) is 4.98 Å². The quantitative estimate of drug-likeness (QED) is 0.191. The molecule has 0 spiro atoms. The molecule has 43 heavy (non-hydrogen) atoms. The normalized spacial score (nSPS) is 14.4. The number of benzene rings is 5. The van der Waals surface area contributed by atoms with Crippen molar-refractivity contribution in [2.45, 2.75) is 38.1 Å². The molecule has 1 fully saturated rings. The van der Waals surface area contributed by atoms with E-state index in [0.29, 0.717) is 6.04 Å². The highest BCUT2D eigenvalue weighted by molar-refractivity contribution is 7.19. The molecule has 1 saturated carbocycles. The van der Waals surface area contributed by atoms with Crippen LogP contribution < -0.4 is 0 Å². The maximum Gasteiger partial charge on any atom is 0.143 e. The number of hydrogen-bond acceptors (Lipinski definition) is 5. The van der Waals surface area contributed by atoms with Gasteiger partial charge in [0.1, 0.15) is 16.9 Å². The summed E-state index contributed by atoms with van der Waals surface area (Å²) in [5.41, 5.74) is 7.68. The van der Waals surface area contributed by atoms with E-state index in [2.05, 4.69) is 108 Å². The highest BCUT2D eigenvalue weighted by Crippen LogP contribution is 2.45. The molecule has 0 radical (unpaired) electrons. The zero-order valence-corrected chi connectivity index (χ0v) is 25.2. The smallest absolute Gasteiger partial charge is 0.143 e. The van der Waals surface area contributed by atoms with Crippen LogP contribution in [-0.4, -0.2) is 18.3 Å². The van der Waals surface area contributed by atoms with Gasteiger partial charge in [-0.1, -0.05) is 104 Å². The fourth-order valence-electron chi connectivity index (χ4n) is 7.10. The maximum atomic E-state index is 5.51. The molecule has 208 valence electrons. The van der Waals surface area contributed by atoms with Crippen LogP contribution >= 0.6 is 23.1 Å². The zero-order chi connectivity index (χ0) is 28.3. The van der Waals surface area contributed by atoms with E-state index < -0.39 is 0 Å². The van der Waals surface area contributed by atoms with Crippen LogP contribution in [-0.2, 0) is 0 Å². The first kappa shape index (κ1) is 25.1. The van der Waals surface area contributed by atoms with Crippen molar-refractivity contribution in [2.24, 2.45) is 0 Å². The van der Waals surface area contributed by atoms with Crippen molar-refractivity contribution >= 4 is 66.7 Å². The average Bonchev–Trinajstić information content (AvgIpc) is 3.85. The molecule has 3 aromatic heterocycles. The Labute approximate surface area is 257 Å². The van der Waals surface area contributed by atoms with E-state index in [0.717, 1.165) is 33.5 Å². The Hall–Kier alpha value is -4.39. The van der Waals surface area contributed by atoms with Gasteiger partial charge in [-0.3, -0.25) is 0 Å². The van der Waals surface area contributed by atoms with Crippen LogP contribution in [0.5, 0.6) is 0 Å². The highest BCUT2D eigenvalue weighted by Gasteiger charge is 2.27. The molecule has 4 nitrogen and oxygen atoms in total. The van der Waals surface area contributed by atoms with Gasteiger partial charge in [0, 0.05) is 37.7 Å². The van der Waals surface area contributed by atoms with Crippen LogP contribution in [0.4, 0.5) is 0 Å². The van der Waals surface area contributed by atoms with Crippen LogP contribution in [0.1, 0.15) is 38.1 Å². The lowest BCUT2D eigenvalue weighted by atomic mass is 9.94. The summed E-state index contributed by atoms with van der Waals surface area (Å²) in [5, 5.41) is 5.03. The summed E-state index contributed by atoms with van der Waals surface area (Å²) in [6.07, 6.45) is 6.16. The predicted molar refractivity (Wildman–Crippen MR) is 182 cm³/mol. The summed E-state index contributed by atoms with van der Waals surface area (Å²) in [5.74, 6) is 1.02. The molecule has 1 aliphatic carbocycles. The second-order valence-electron chi connectivity index (χ2n) is 11.5. The summed E-state index contributed by atoms with van der Waals surface area (Å²) in [6, 6.07) is 37.5. The van der Waals surface area contributed by atoms with E-state index in [1.165, 1.54) is 86.2 Å². The van der Waals surface area contributed by atoms with Gasteiger partial charge in [-0.05, 0) is 47.4 Å². The number of nitrogens with zero attached hydrogens (tertiary/aromatic N) is 4. The van der Waals surface area contributed by atoms with Gasteiger partial charge in [0.15, 0.2) is 0 Å². The molecule has 9 rings (SSSR count). The van der Waals surface area contributed by atoms with Crippen LogP contribution in [0.3, 0.4) is 0 Å². The van der Waals surface area contributed by atoms with E-state index >= 15 is 0 Å². The van der Waals surface area contributed by atoms with Gasteiger partial charge in [0.05, 0.1) is 22.8 Å². The van der Waals surface area contributed by atoms with E-state index in [9.17, 15) is 0 Å². The molecule has 3 heterocycles. The third-order valence-electron chi connectivity index (χ3n) is 9.09. The van der Waals surface area contributed by atoms with Gasteiger partial charge in [-0.15, -0.1) is 11.3 Å². The third-order valence-corrected chi connectivity index (χ3v) is 10.8. The number of imidazole rings is 1. The standard InChI is InChI=1S/C37H28N4S2/c1-3-11-23(12-4-1)31-21-22-32(42-31)29-19-20-30(34-33(29)39-43-40-34)37-38-35-27-17-9-7-15-25(27)26-16-8-10-18-28(26)36(35)41(37)24-13-5-2-6-14-24/h1,3-4,7-12,15-22,24H,2,5-6,13-14H2. The molecule has 0 saturated heterocycles. The lowest BCUT2D eigenvalue weighted by Gasteiger charge is -2.26. The van der Waals surface area contributed by atoms with Crippen LogP contribution in [0, 0.1) is 0 Å². The minimum Gasteiger partial charge on any atom is -0.320 e. The second kappa shape index (κ2) is 10.1. The summed E-state index contributed by atoms with van der Waals surface area (Å²) < 4.78 is 12.3. The molecule has 0 atom stereocenters. The largest absolute Gasteiger partial charge is 0.320 e. The first-order valence-electron chi connectivity index (χ1n) is 15.1. The number of aromatic nitrogens is 4. The first-order chi connectivity index (χ1) is 21.3. The van der Waals surface area contributed by atoms with Crippen molar-refractivity contribution in [3.63, 3.8) is 0 Å². The van der Waals surface area contributed by atoms with Crippen molar-refractivity contribution in [3.8, 4) is 32.3 Å². The van der Waals surface area contributed by atoms with Crippen molar-refractivity contribution in [1.82, 2.24) is 18.3 Å². The number of rotatable bonds is 4. The molecule has 0 aliphatic heterocycles. The van der Waals surface area contributed by atoms with Gasteiger partial charge >= 0.3 is 0 Å². The van der Waals surface area contributed by atoms with E-state index in [-0.39, 0.29) is 0 Å². The Morgan fingerprint density at radius 1 is 0.558 bits per heavy atom. The maximum absolute atomic E-state index is 5.51. The van der Waals surface area contributed by atoms with Crippen molar-refractivity contribution in [2.75, 3.05) is 0 Å². The van der Waals surface area contributed by atoms with Crippen LogP contribution in [0.25, 0.3) is 75.9 Å². The lowest BCUT2D eigenvalue weighted by Crippen LogP contribution is -2.14. The van der Waals surface area contributed by atoms with Gasteiger partial charge in [0.25, 0.3) is 0 Å². The number of hydrogen-bond donors (Lipinski definition) is 0. The first-order valence-corrected chi connectivity index (χ1v) is 16.6. The number of fused-ring (bicyclic) bond motifs is 7. The van der Waals surface area contributed by atoms with Crippen LogP contribution in [0.2, 0.25) is 0 Å². The zero-order valence-electron chi connectivity index (χ0n) is 23.5. The fraction of sp³-hybridized carbons (Fsp3) is 0.162. The van der Waals surface area contributed by atoms with E-state index in [4.69, 9.17) is 13.7 Å². The topological polar surface area (TPSA) is 43.6 Å². The minimum absolute atomic E-state index is 0.408. The summed E-state index contributed by atoms with van der Waals surface area (Å²) in [4.78, 5) is 7.98. The van der Waals surface area contributed by atoms with Crippen LogP contribution in [0.15, 0.2) is 103 Å². The van der Waals surface area contributed by atoms with Crippen molar-refractivity contribution < 1.29 is 0 Å². The average molecular weight is 593 g/mol. The molecule has 8 aromatic rings. The molecule has 0 amide bonds. The Bertz CT molecular complexity index is 2290. The SMILES string of the molecule is c1ccc(-c2ccc(-c3ccc(-c4nc5c6ccccc6c6ccccc6c5n4C4CCCCC4)c4nsnc34)s2)cc1. The fourth-order valence-corrected chi connectivity index (χ4v) is 8.71. The molecule has 1 aliphatic rings. The number of thiophene rings is 1. The highest BCUT2D eigenvalue weighted by atomic mass is 32.1. The molecule has 5 aromatic carbocycles. The lowest BCUT2D eigenvalue weighted by molar-refractivity contribution is 0.362. The Morgan fingerprint density at radius 3 is 1.98 bits per heavy atom. The molecule has 0 N–H and O–H groups in total. The minimum atomic E-state index is 0.408. The van der Waals surface area contributed by atoms with Gasteiger partial charge in [-0.2, -0.15) is 8.75 Å². The monoisotopic (exact) mass is 592 g/mol. The second-order valence-corrected chi connectivity index (χ2v) is 13.1. The Morgan fingerprint density at radius 2 is 1.19 bits per heavy atom. The van der Waals surface area contributed by atoms with E-state index in [1.807, 2.05) is 11.3 Å². The molecule has 6 heteroatoms. The Kier molecular flexibility index (Phi) is 5.91. The summed E-state index contributed by atoms with van der Waals surface area (Å²) in [6.45, 7) is 0. The molecular weight excluding hydrogens is 565 g/mol. The predicted octanol–water partition coefficient (Wildman–Crippen LogP) is 10.9. The molecular formula is C37H28N4S2. The van der Waals surface area contributed by atoms with E-state index in [1.54, 1.807) is 0 Å². The Balaban J connectivity index is 1.30. The molecule has 0 unspecified atom stereocenters.